The summed E-state index contributed by atoms with van der Waals surface area (Å²) in [6.45, 7) is 25.5. The van der Waals surface area contributed by atoms with E-state index in [1.165, 1.54) is 31.0 Å². The summed E-state index contributed by atoms with van der Waals surface area (Å²) in [6.07, 6.45) is 7.41. The fourth-order valence-electron chi connectivity index (χ4n) is 1.51. The van der Waals surface area contributed by atoms with Gasteiger partial charge in [0.2, 0.25) is 0 Å². The Bertz CT molecular complexity index is 542. The first kappa shape index (κ1) is 37.6. The highest BCUT2D eigenvalue weighted by molar-refractivity contribution is 8.00. The molecule has 0 aliphatic rings. The molecule has 32 heavy (non-hydrogen) atoms. The minimum atomic E-state index is -0.200. The van der Waals surface area contributed by atoms with E-state index in [1.54, 1.807) is 12.1 Å². The quantitative estimate of drug-likeness (QED) is 0.225. The van der Waals surface area contributed by atoms with Crippen molar-refractivity contribution < 1.29 is 9.18 Å². The van der Waals surface area contributed by atoms with Gasteiger partial charge in [-0.3, -0.25) is 4.72 Å². The van der Waals surface area contributed by atoms with Gasteiger partial charge in [-0.05, 0) is 62.9 Å². The van der Waals surface area contributed by atoms with Crippen molar-refractivity contribution in [3.63, 3.8) is 0 Å². The second-order valence-corrected chi connectivity index (χ2v) is 7.76. The highest BCUT2D eigenvalue weighted by Gasteiger charge is 2.03. The molecule has 0 amide bonds. The van der Waals surface area contributed by atoms with Crippen molar-refractivity contribution >= 4 is 18.2 Å². The topological polar surface area (TPSA) is 32.3 Å². The molecule has 0 bridgehead atoms. The number of hydrogen-bond donors (Lipinski definition) is 1. The number of allylic oxidation sites excluding steroid dienone is 2. The van der Waals surface area contributed by atoms with Gasteiger partial charge in [-0.2, -0.15) is 0 Å². The molecule has 1 unspecified atom stereocenters. The molecule has 1 aromatic carbocycles. The molecule has 0 aromatic heterocycles. The van der Waals surface area contributed by atoms with Gasteiger partial charge in [0.1, 0.15) is 12.1 Å². The van der Waals surface area contributed by atoms with Crippen molar-refractivity contribution in [1.82, 2.24) is 9.62 Å². The average molecular weight is 469 g/mol. The SMILES string of the molecule is C=CC/C=C/SNC(C)c1ccc(F)cc1.C=CCN(C)CC.CC.CC(C)C.CC=O. The van der Waals surface area contributed by atoms with Crippen LogP contribution in [0.4, 0.5) is 4.39 Å². The lowest BCUT2D eigenvalue weighted by Crippen LogP contribution is -2.16. The van der Waals surface area contributed by atoms with Gasteiger partial charge in [-0.25, -0.2) is 4.39 Å². The first-order valence-corrected chi connectivity index (χ1v) is 12.2. The van der Waals surface area contributed by atoms with Gasteiger partial charge in [0.15, 0.2) is 0 Å². The van der Waals surface area contributed by atoms with Crippen LogP contribution < -0.4 is 4.72 Å². The molecule has 0 heterocycles. The van der Waals surface area contributed by atoms with Crippen molar-refractivity contribution in [2.45, 2.75) is 67.9 Å². The summed E-state index contributed by atoms with van der Waals surface area (Å²) < 4.78 is 15.9. The van der Waals surface area contributed by atoms with E-state index in [-0.39, 0.29) is 11.9 Å². The molecule has 1 N–H and O–H groups in total. The van der Waals surface area contributed by atoms with E-state index in [1.807, 2.05) is 44.4 Å². The number of aldehydes is 1. The lowest BCUT2D eigenvalue weighted by Gasteiger charge is -2.11. The van der Waals surface area contributed by atoms with Crippen molar-refractivity contribution in [3.8, 4) is 0 Å². The number of nitrogens with zero attached hydrogens (tertiary/aromatic N) is 1. The predicted octanol–water partition coefficient (Wildman–Crippen LogP) is 8.23. The molecule has 5 heteroatoms. The van der Waals surface area contributed by atoms with Gasteiger partial charge < -0.3 is 9.69 Å². The third kappa shape index (κ3) is 35.7. The van der Waals surface area contributed by atoms with Gasteiger partial charge in [0.25, 0.3) is 0 Å². The average Bonchev–Trinajstić information content (AvgIpc) is 2.76. The van der Waals surface area contributed by atoms with Crippen LogP contribution in [0.25, 0.3) is 0 Å². The van der Waals surface area contributed by atoms with Gasteiger partial charge >= 0.3 is 0 Å². The number of rotatable bonds is 9. The van der Waals surface area contributed by atoms with E-state index in [4.69, 9.17) is 4.79 Å². The highest BCUT2D eigenvalue weighted by atomic mass is 32.2. The van der Waals surface area contributed by atoms with Gasteiger partial charge in [0, 0.05) is 12.6 Å². The molecule has 0 saturated carbocycles. The summed E-state index contributed by atoms with van der Waals surface area (Å²) in [5.41, 5.74) is 1.08. The Morgan fingerprint density at radius 3 is 1.91 bits per heavy atom. The van der Waals surface area contributed by atoms with Crippen LogP contribution in [-0.2, 0) is 4.79 Å². The zero-order chi connectivity index (χ0) is 25.8. The fourth-order valence-corrected chi connectivity index (χ4v) is 2.14. The van der Waals surface area contributed by atoms with E-state index in [0.29, 0.717) is 0 Å². The van der Waals surface area contributed by atoms with E-state index in [0.717, 1.165) is 37.3 Å². The molecule has 186 valence electrons. The van der Waals surface area contributed by atoms with Crippen molar-refractivity contribution in [2.75, 3.05) is 20.1 Å². The maximum Gasteiger partial charge on any atom is 0.123 e. The molecule has 1 atom stereocenters. The van der Waals surface area contributed by atoms with Crippen molar-refractivity contribution in [1.29, 1.82) is 0 Å². The van der Waals surface area contributed by atoms with Crippen LogP contribution in [0.2, 0.25) is 0 Å². The number of halogens is 1. The van der Waals surface area contributed by atoms with Crippen LogP contribution >= 0.6 is 11.9 Å². The number of hydrogen-bond acceptors (Lipinski definition) is 4. The van der Waals surface area contributed by atoms with Gasteiger partial charge in [-0.15, -0.1) is 13.2 Å². The Morgan fingerprint density at radius 1 is 1.09 bits per heavy atom. The van der Waals surface area contributed by atoms with Crippen molar-refractivity contribution in [2.24, 2.45) is 5.92 Å². The van der Waals surface area contributed by atoms with E-state index in [9.17, 15) is 4.39 Å². The van der Waals surface area contributed by atoms with Gasteiger partial charge in [0.05, 0.1) is 0 Å². The minimum absolute atomic E-state index is 0.194. The maximum absolute atomic E-state index is 12.7. The summed E-state index contributed by atoms with van der Waals surface area (Å²) in [6, 6.07) is 6.73. The van der Waals surface area contributed by atoms with Crippen LogP contribution in [0, 0.1) is 11.7 Å². The Kier molecular flexibility index (Phi) is 37.0. The van der Waals surface area contributed by atoms with Crippen LogP contribution in [0.5, 0.6) is 0 Å². The second kappa shape index (κ2) is 31.5. The molecule has 0 saturated heterocycles. The summed E-state index contributed by atoms with van der Waals surface area (Å²) in [7, 11) is 2.07. The molecule has 3 nitrogen and oxygen atoms in total. The molecule has 0 radical (unpaired) electrons. The van der Waals surface area contributed by atoms with E-state index >= 15 is 0 Å². The zero-order valence-electron chi connectivity index (χ0n) is 22.0. The molecule has 0 aliphatic heterocycles. The Balaban J connectivity index is -0.000000203. The number of carbonyl (C=O) groups excluding carboxylic acids is 1. The molecular formula is C27H49FN2OS. The number of nitrogens with one attached hydrogen (secondary N) is 1. The van der Waals surface area contributed by atoms with Crippen LogP contribution in [0.3, 0.4) is 0 Å². The fraction of sp³-hybridized carbons (Fsp3) is 0.519. The van der Waals surface area contributed by atoms with E-state index in [2.05, 4.69) is 57.5 Å². The Labute approximate surface area is 203 Å². The van der Waals surface area contributed by atoms with E-state index < -0.39 is 0 Å². The van der Waals surface area contributed by atoms with Crippen molar-refractivity contribution in [3.05, 3.63) is 72.4 Å². The largest absolute Gasteiger partial charge is 0.304 e. The standard InChI is InChI=1S/C13H16FNS.C6H13N.C4H10.C2H4O.C2H6/c1-3-4-5-10-16-15-11(2)12-6-8-13(14)9-7-12;1-4-6-7(3)5-2;1-4(2)3;1-2-3;1-2/h3,5-11,15H,1,4H2,2H3;4H,1,5-6H2,2-3H3;4H,1-3H3;2H,1H3;1-2H3/b10-5+;;;;. The predicted molar refractivity (Wildman–Crippen MR) is 146 cm³/mol. The number of carbonyl (C=O) groups is 1. The maximum atomic E-state index is 12.7. The third-order valence-electron chi connectivity index (χ3n) is 3.06. The lowest BCUT2D eigenvalue weighted by atomic mass is 10.1. The molecule has 1 rings (SSSR count). The molecule has 1 aromatic rings. The summed E-state index contributed by atoms with van der Waals surface area (Å²) in [5.74, 6) is 0.634. The smallest absolute Gasteiger partial charge is 0.123 e. The summed E-state index contributed by atoms with van der Waals surface area (Å²) >= 11 is 1.53. The summed E-state index contributed by atoms with van der Waals surface area (Å²) in [5, 5.41) is 1.99. The number of benzene rings is 1. The number of likely N-dealkylation sites (N-methyl/N-ethyl adjacent to an activating group) is 1. The highest BCUT2D eigenvalue weighted by Crippen LogP contribution is 2.16. The van der Waals surface area contributed by atoms with Crippen LogP contribution in [0.1, 0.15) is 73.4 Å². The molecule has 0 fully saturated rings. The third-order valence-corrected chi connectivity index (χ3v) is 3.88. The molecule has 0 aliphatic carbocycles. The first-order valence-electron chi connectivity index (χ1n) is 11.3. The van der Waals surface area contributed by atoms with Crippen LogP contribution in [0.15, 0.2) is 61.1 Å². The monoisotopic (exact) mass is 468 g/mol. The Hall–Kier alpha value is -1.69. The summed E-state index contributed by atoms with van der Waals surface area (Å²) in [4.78, 5) is 11.0. The first-order chi connectivity index (χ1) is 15.2. The van der Waals surface area contributed by atoms with Gasteiger partial charge in [-0.1, -0.05) is 83.9 Å². The molecule has 0 spiro atoms. The normalized spacial score (nSPS) is 10.2. The second-order valence-electron chi connectivity index (χ2n) is 7.02. The minimum Gasteiger partial charge on any atom is -0.304 e. The zero-order valence-corrected chi connectivity index (χ0v) is 22.8. The molecular weight excluding hydrogens is 419 g/mol. The van der Waals surface area contributed by atoms with Crippen LogP contribution in [-0.4, -0.2) is 31.3 Å². The Morgan fingerprint density at radius 2 is 1.56 bits per heavy atom. The lowest BCUT2D eigenvalue weighted by molar-refractivity contribution is -0.106.